The minimum Gasteiger partial charge on any atom is -0.308 e. The molecule has 0 atom stereocenters. The van der Waals surface area contributed by atoms with Gasteiger partial charge in [-0.25, -0.2) is 9.97 Å². The van der Waals surface area contributed by atoms with Crippen molar-refractivity contribution in [3.8, 4) is 22.6 Å². The third-order valence-electron chi connectivity index (χ3n) is 10.1. The van der Waals surface area contributed by atoms with Gasteiger partial charge >= 0.3 is 0 Å². The lowest BCUT2D eigenvalue weighted by atomic mass is 9.97. The molecule has 0 aliphatic carbocycles. The molecule has 3 nitrogen and oxygen atoms in total. The maximum atomic E-state index is 5.39. The number of nitrogens with zero attached hydrogens (tertiary/aromatic N) is 3. The number of rotatable bonds is 2. The SMILES string of the molecule is c1ccc2c(-c3nc(-c4ccc5c(c4)c4ccc6cccc7c8ccccc8n5c4c67)nc4c3ccc3ccccc34)cccc2c1. The van der Waals surface area contributed by atoms with Crippen LogP contribution in [-0.4, -0.2) is 14.4 Å². The van der Waals surface area contributed by atoms with Crippen LogP contribution in [0, 0.1) is 0 Å². The van der Waals surface area contributed by atoms with Crippen LogP contribution in [0.2, 0.25) is 0 Å². The topological polar surface area (TPSA) is 30.2 Å². The standard InChI is InChI=1S/C44H25N3/c1-3-13-30-26(9-1)11-7-17-34(30)42-36-23-19-27-10-2-4-14-31(27)41(36)45-44(46-42)29-21-24-39-37(25-29)35-22-20-28-12-8-16-33-32-15-5-6-18-38(32)47(39)43(35)40(28)33/h1-25H. The average Bonchev–Trinajstić information content (AvgIpc) is 3.48. The van der Waals surface area contributed by atoms with Gasteiger partial charge < -0.3 is 4.40 Å². The molecule has 3 heterocycles. The number of hydrogen-bond donors (Lipinski definition) is 0. The molecule has 11 aromatic rings. The van der Waals surface area contributed by atoms with Gasteiger partial charge in [-0.15, -0.1) is 0 Å². The van der Waals surface area contributed by atoms with E-state index in [1.807, 2.05) is 0 Å². The molecule has 0 N–H and O–H groups in total. The van der Waals surface area contributed by atoms with Crippen LogP contribution in [-0.2, 0) is 0 Å². The van der Waals surface area contributed by atoms with Crippen molar-refractivity contribution in [2.45, 2.75) is 0 Å². The van der Waals surface area contributed by atoms with Crippen LogP contribution >= 0.6 is 0 Å². The first-order valence-electron chi connectivity index (χ1n) is 16.1. The van der Waals surface area contributed by atoms with Gasteiger partial charge in [0.2, 0.25) is 0 Å². The van der Waals surface area contributed by atoms with Crippen molar-refractivity contribution in [2.24, 2.45) is 0 Å². The van der Waals surface area contributed by atoms with Gasteiger partial charge in [0.25, 0.3) is 0 Å². The highest BCUT2D eigenvalue weighted by Gasteiger charge is 2.20. The second-order valence-corrected chi connectivity index (χ2v) is 12.6. The highest BCUT2D eigenvalue weighted by atomic mass is 14.9. The normalized spacial score (nSPS) is 12.3. The number of hydrogen-bond acceptors (Lipinski definition) is 2. The van der Waals surface area contributed by atoms with Gasteiger partial charge in [-0.2, -0.15) is 0 Å². The van der Waals surface area contributed by atoms with Crippen LogP contribution in [0.3, 0.4) is 0 Å². The number of pyridine rings is 1. The van der Waals surface area contributed by atoms with Crippen molar-refractivity contribution >= 4 is 81.3 Å². The maximum absolute atomic E-state index is 5.39. The van der Waals surface area contributed by atoms with Gasteiger partial charge in [0, 0.05) is 43.4 Å². The van der Waals surface area contributed by atoms with E-state index >= 15 is 0 Å². The Morgan fingerprint density at radius 1 is 0.404 bits per heavy atom. The smallest absolute Gasteiger partial charge is 0.160 e. The van der Waals surface area contributed by atoms with E-state index in [-0.39, 0.29) is 0 Å². The fourth-order valence-electron chi connectivity index (χ4n) is 8.02. The largest absolute Gasteiger partial charge is 0.308 e. The molecule has 0 saturated carbocycles. The zero-order chi connectivity index (χ0) is 30.6. The third-order valence-corrected chi connectivity index (χ3v) is 10.1. The van der Waals surface area contributed by atoms with E-state index < -0.39 is 0 Å². The molecule has 0 saturated heterocycles. The Morgan fingerprint density at radius 2 is 1.06 bits per heavy atom. The lowest BCUT2D eigenvalue weighted by molar-refractivity contribution is 1.24. The predicted molar refractivity (Wildman–Crippen MR) is 198 cm³/mol. The predicted octanol–water partition coefficient (Wildman–Crippen LogP) is 11.6. The first-order valence-corrected chi connectivity index (χ1v) is 16.1. The van der Waals surface area contributed by atoms with Crippen molar-refractivity contribution in [1.82, 2.24) is 14.4 Å². The zero-order valence-electron chi connectivity index (χ0n) is 25.3. The monoisotopic (exact) mass is 595 g/mol. The van der Waals surface area contributed by atoms with Crippen molar-refractivity contribution in [1.29, 1.82) is 0 Å². The summed E-state index contributed by atoms with van der Waals surface area (Å²) in [6.45, 7) is 0. The molecule has 0 spiro atoms. The number of para-hydroxylation sites is 1. The Kier molecular flexibility index (Phi) is 4.84. The highest BCUT2D eigenvalue weighted by molar-refractivity contribution is 6.28. The summed E-state index contributed by atoms with van der Waals surface area (Å²) in [4.78, 5) is 10.7. The molecule has 0 radical (unpaired) electrons. The summed E-state index contributed by atoms with van der Waals surface area (Å²) < 4.78 is 2.45. The van der Waals surface area contributed by atoms with E-state index in [2.05, 4.69) is 156 Å². The minimum atomic E-state index is 0.733. The molecular weight excluding hydrogens is 571 g/mol. The third kappa shape index (κ3) is 3.35. The molecule has 0 fully saturated rings. The van der Waals surface area contributed by atoms with Gasteiger partial charge in [-0.05, 0) is 57.3 Å². The van der Waals surface area contributed by atoms with Crippen LogP contribution in [0.5, 0.6) is 0 Å². The van der Waals surface area contributed by atoms with Gasteiger partial charge in [0.15, 0.2) is 5.82 Å². The van der Waals surface area contributed by atoms with E-state index in [9.17, 15) is 0 Å². The van der Waals surface area contributed by atoms with Crippen molar-refractivity contribution in [3.63, 3.8) is 0 Å². The summed E-state index contributed by atoms with van der Waals surface area (Å²) in [5.74, 6) is 0.733. The first kappa shape index (κ1) is 24.9. The first-order chi connectivity index (χ1) is 23.3. The second kappa shape index (κ2) is 9.12. The van der Waals surface area contributed by atoms with Crippen LogP contribution in [0.1, 0.15) is 0 Å². The molecule has 8 aromatic carbocycles. The summed E-state index contributed by atoms with van der Waals surface area (Å²) in [7, 11) is 0. The van der Waals surface area contributed by atoms with Gasteiger partial charge in [0.05, 0.1) is 27.8 Å². The number of fused-ring (bicyclic) bond motifs is 10. The Labute approximate surface area is 269 Å². The van der Waals surface area contributed by atoms with Crippen molar-refractivity contribution in [2.75, 3.05) is 0 Å². The van der Waals surface area contributed by atoms with E-state index in [1.165, 1.54) is 65.0 Å². The highest BCUT2D eigenvalue weighted by Crippen LogP contribution is 2.42. The average molecular weight is 596 g/mol. The van der Waals surface area contributed by atoms with Crippen LogP contribution in [0.4, 0.5) is 0 Å². The summed E-state index contributed by atoms with van der Waals surface area (Å²) in [5.41, 5.74) is 7.74. The maximum Gasteiger partial charge on any atom is 0.160 e. The molecule has 0 aliphatic rings. The van der Waals surface area contributed by atoms with Crippen molar-refractivity contribution in [3.05, 3.63) is 152 Å². The Morgan fingerprint density at radius 3 is 1.98 bits per heavy atom. The molecule has 0 unspecified atom stereocenters. The van der Waals surface area contributed by atoms with E-state index in [0.717, 1.165) is 38.9 Å². The summed E-state index contributed by atoms with van der Waals surface area (Å²) in [6.07, 6.45) is 0. The Hall–Kier alpha value is -6.32. The molecule has 11 rings (SSSR count). The quantitative estimate of drug-likeness (QED) is 0.147. The molecule has 0 aliphatic heterocycles. The van der Waals surface area contributed by atoms with E-state index in [0.29, 0.717) is 0 Å². The molecule has 216 valence electrons. The van der Waals surface area contributed by atoms with E-state index in [1.54, 1.807) is 0 Å². The summed E-state index contributed by atoms with van der Waals surface area (Å²) in [5, 5.41) is 13.3. The summed E-state index contributed by atoms with van der Waals surface area (Å²) >= 11 is 0. The zero-order valence-corrected chi connectivity index (χ0v) is 25.3. The molecule has 47 heavy (non-hydrogen) atoms. The van der Waals surface area contributed by atoms with Crippen LogP contribution in [0.15, 0.2) is 152 Å². The van der Waals surface area contributed by atoms with Crippen molar-refractivity contribution < 1.29 is 0 Å². The Bertz CT molecular complexity index is 3060. The second-order valence-electron chi connectivity index (χ2n) is 12.6. The van der Waals surface area contributed by atoms with E-state index in [4.69, 9.17) is 9.97 Å². The summed E-state index contributed by atoms with van der Waals surface area (Å²) in [6, 6.07) is 54.7. The lowest BCUT2D eigenvalue weighted by Gasteiger charge is -2.13. The number of benzene rings is 8. The molecule has 0 amide bonds. The fraction of sp³-hybridized carbons (Fsp3) is 0. The number of aromatic nitrogens is 3. The fourth-order valence-corrected chi connectivity index (χ4v) is 8.02. The lowest BCUT2D eigenvalue weighted by Crippen LogP contribution is -1.97. The van der Waals surface area contributed by atoms with Crippen LogP contribution in [0.25, 0.3) is 104 Å². The van der Waals surface area contributed by atoms with Gasteiger partial charge in [0.1, 0.15) is 0 Å². The van der Waals surface area contributed by atoms with Crippen LogP contribution < -0.4 is 0 Å². The van der Waals surface area contributed by atoms with Gasteiger partial charge in [-0.1, -0.05) is 121 Å². The molecule has 3 aromatic heterocycles. The molecule has 0 bridgehead atoms. The Balaban J connectivity index is 1.26. The molecular formula is C44H25N3. The molecule has 3 heteroatoms. The van der Waals surface area contributed by atoms with Gasteiger partial charge in [-0.3, -0.25) is 0 Å². The minimum absolute atomic E-state index is 0.733.